The minimum atomic E-state index is -0.550. The molecule has 0 bridgehead atoms. The van der Waals surface area contributed by atoms with Crippen molar-refractivity contribution in [2.45, 2.75) is 12.8 Å². The molecule has 1 aliphatic heterocycles. The van der Waals surface area contributed by atoms with Gasteiger partial charge in [-0.05, 0) is 35.4 Å². The van der Waals surface area contributed by atoms with E-state index in [1.807, 2.05) is 36.4 Å². The number of rotatable bonds is 4. The van der Waals surface area contributed by atoms with Crippen LogP contribution < -0.4 is 10.2 Å². The first-order valence-electron chi connectivity index (χ1n) is 7.44. The average Bonchev–Trinajstić information content (AvgIpc) is 2.92. The SMILES string of the molecule is COc1ccc2cc(C(C)C(=O)NN3C(=O)C=CC3=O)ccc2c1. The van der Waals surface area contributed by atoms with E-state index in [1.165, 1.54) is 0 Å². The Morgan fingerprint density at radius 2 is 1.67 bits per heavy atom. The van der Waals surface area contributed by atoms with Gasteiger partial charge >= 0.3 is 0 Å². The fraction of sp³-hybridized carbons (Fsp3) is 0.167. The van der Waals surface area contributed by atoms with Gasteiger partial charge < -0.3 is 4.74 Å². The lowest BCUT2D eigenvalue weighted by Gasteiger charge is -2.19. The van der Waals surface area contributed by atoms with Crippen molar-refractivity contribution in [2.24, 2.45) is 0 Å². The number of hydrogen-bond acceptors (Lipinski definition) is 4. The second-order valence-electron chi connectivity index (χ2n) is 5.52. The first kappa shape index (κ1) is 15.7. The molecule has 0 aliphatic carbocycles. The number of imide groups is 1. The summed E-state index contributed by atoms with van der Waals surface area (Å²) in [7, 11) is 1.61. The van der Waals surface area contributed by atoms with Crippen LogP contribution in [-0.4, -0.2) is 29.8 Å². The van der Waals surface area contributed by atoms with Gasteiger partial charge in [0.2, 0.25) is 5.91 Å². The largest absolute Gasteiger partial charge is 0.497 e. The molecule has 122 valence electrons. The summed E-state index contributed by atoms with van der Waals surface area (Å²) in [4.78, 5) is 35.3. The Morgan fingerprint density at radius 1 is 1.04 bits per heavy atom. The second-order valence-corrected chi connectivity index (χ2v) is 5.52. The molecular formula is C18H16N2O4. The summed E-state index contributed by atoms with van der Waals surface area (Å²) in [5, 5.41) is 2.69. The maximum absolute atomic E-state index is 12.3. The third kappa shape index (κ3) is 2.86. The lowest BCUT2D eigenvalue weighted by atomic mass is 9.97. The molecule has 1 N–H and O–H groups in total. The van der Waals surface area contributed by atoms with E-state index >= 15 is 0 Å². The van der Waals surface area contributed by atoms with Crippen LogP contribution in [0.3, 0.4) is 0 Å². The Hall–Kier alpha value is -3.15. The molecule has 0 saturated heterocycles. The molecule has 1 atom stereocenters. The van der Waals surface area contributed by atoms with Gasteiger partial charge in [0.15, 0.2) is 0 Å². The second kappa shape index (κ2) is 6.16. The number of carbonyl (C=O) groups excluding carboxylic acids is 3. The molecule has 1 unspecified atom stereocenters. The number of carbonyl (C=O) groups is 3. The highest BCUT2D eigenvalue weighted by Gasteiger charge is 2.27. The summed E-state index contributed by atoms with van der Waals surface area (Å²) in [5.41, 5.74) is 3.14. The third-order valence-corrected chi connectivity index (χ3v) is 4.00. The van der Waals surface area contributed by atoms with Crippen LogP contribution >= 0.6 is 0 Å². The summed E-state index contributed by atoms with van der Waals surface area (Å²) in [6.07, 6.45) is 2.24. The summed E-state index contributed by atoms with van der Waals surface area (Å²) in [6, 6.07) is 11.3. The summed E-state index contributed by atoms with van der Waals surface area (Å²) >= 11 is 0. The van der Waals surface area contributed by atoms with Crippen LogP contribution in [0.15, 0.2) is 48.6 Å². The number of methoxy groups -OCH3 is 1. The van der Waals surface area contributed by atoms with E-state index in [1.54, 1.807) is 14.0 Å². The molecule has 2 aromatic rings. The molecule has 1 aliphatic rings. The molecule has 6 nitrogen and oxygen atoms in total. The van der Waals surface area contributed by atoms with Crippen molar-refractivity contribution in [2.75, 3.05) is 7.11 Å². The van der Waals surface area contributed by atoms with E-state index in [-0.39, 0.29) is 0 Å². The molecule has 2 aromatic carbocycles. The quantitative estimate of drug-likeness (QED) is 0.872. The highest BCUT2D eigenvalue weighted by molar-refractivity contribution is 6.13. The molecule has 0 fully saturated rings. The zero-order valence-corrected chi connectivity index (χ0v) is 13.3. The third-order valence-electron chi connectivity index (χ3n) is 4.00. The molecule has 0 spiro atoms. The van der Waals surface area contributed by atoms with Gasteiger partial charge in [-0.15, -0.1) is 0 Å². The molecule has 0 aromatic heterocycles. The highest BCUT2D eigenvalue weighted by atomic mass is 16.5. The van der Waals surface area contributed by atoms with Crippen LogP contribution in [0.1, 0.15) is 18.4 Å². The fourth-order valence-corrected chi connectivity index (χ4v) is 2.51. The van der Waals surface area contributed by atoms with Gasteiger partial charge in [-0.3, -0.25) is 19.8 Å². The Bertz CT molecular complexity index is 854. The Morgan fingerprint density at radius 3 is 2.33 bits per heavy atom. The number of hydrogen-bond donors (Lipinski definition) is 1. The molecule has 24 heavy (non-hydrogen) atoms. The molecule has 6 heteroatoms. The van der Waals surface area contributed by atoms with E-state index in [2.05, 4.69) is 5.43 Å². The first-order valence-corrected chi connectivity index (χ1v) is 7.44. The lowest BCUT2D eigenvalue weighted by molar-refractivity contribution is -0.146. The van der Waals surface area contributed by atoms with Crippen LogP contribution in [0.2, 0.25) is 0 Å². The van der Waals surface area contributed by atoms with Gasteiger partial charge in [0.1, 0.15) is 5.75 Å². The van der Waals surface area contributed by atoms with Crippen molar-refractivity contribution in [1.82, 2.24) is 10.4 Å². The van der Waals surface area contributed by atoms with Crippen molar-refractivity contribution in [3.8, 4) is 5.75 Å². The minimum absolute atomic E-state index is 0.423. The Kier molecular flexibility index (Phi) is 4.04. The van der Waals surface area contributed by atoms with Crippen molar-refractivity contribution in [3.05, 3.63) is 54.1 Å². The van der Waals surface area contributed by atoms with Crippen LogP contribution in [0.25, 0.3) is 10.8 Å². The molecule has 3 amide bonds. The summed E-state index contributed by atoms with van der Waals surface area (Å²) in [6.45, 7) is 1.72. The standard InChI is InChI=1S/C18H16N2O4/c1-11(18(23)19-20-16(21)7-8-17(20)22)12-3-4-14-10-15(24-2)6-5-13(14)9-12/h3-11H,1-2H3,(H,19,23). The minimum Gasteiger partial charge on any atom is -0.497 e. The molecular weight excluding hydrogens is 308 g/mol. The monoisotopic (exact) mass is 324 g/mol. The zero-order valence-electron chi connectivity index (χ0n) is 13.3. The van der Waals surface area contributed by atoms with Crippen LogP contribution in [0.5, 0.6) is 5.75 Å². The number of amides is 3. The topological polar surface area (TPSA) is 75.7 Å². The van der Waals surface area contributed by atoms with Gasteiger partial charge in [-0.1, -0.05) is 24.3 Å². The maximum Gasteiger partial charge on any atom is 0.272 e. The number of benzene rings is 2. The normalized spacial score (nSPS) is 15.0. The van der Waals surface area contributed by atoms with E-state index in [4.69, 9.17) is 4.74 Å². The zero-order chi connectivity index (χ0) is 17.3. The maximum atomic E-state index is 12.3. The van der Waals surface area contributed by atoms with Crippen molar-refractivity contribution in [3.63, 3.8) is 0 Å². The lowest BCUT2D eigenvalue weighted by Crippen LogP contribution is -2.47. The summed E-state index contributed by atoms with van der Waals surface area (Å²) in [5.74, 6) is -1.28. The average molecular weight is 324 g/mol. The number of hydrazine groups is 1. The predicted octanol–water partition coefficient (Wildman–Crippen LogP) is 1.91. The van der Waals surface area contributed by atoms with Gasteiger partial charge in [-0.2, -0.15) is 5.01 Å². The van der Waals surface area contributed by atoms with Crippen LogP contribution in [0, 0.1) is 0 Å². The van der Waals surface area contributed by atoms with Crippen LogP contribution in [0.4, 0.5) is 0 Å². The Balaban J connectivity index is 1.80. The number of fused-ring (bicyclic) bond motifs is 1. The van der Waals surface area contributed by atoms with Crippen molar-refractivity contribution in [1.29, 1.82) is 0 Å². The molecule has 1 heterocycles. The number of nitrogens with zero attached hydrogens (tertiary/aromatic N) is 1. The van der Waals surface area contributed by atoms with Gasteiger partial charge in [-0.25, -0.2) is 0 Å². The smallest absolute Gasteiger partial charge is 0.272 e. The van der Waals surface area contributed by atoms with Crippen molar-refractivity contribution >= 4 is 28.5 Å². The number of ether oxygens (including phenoxy) is 1. The predicted molar refractivity (Wildman–Crippen MR) is 88.1 cm³/mol. The van der Waals surface area contributed by atoms with E-state index in [0.717, 1.165) is 34.2 Å². The summed E-state index contributed by atoms with van der Waals surface area (Å²) < 4.78 is 5.19. The van der Waals surface area contributed by atoms with Gasteiger partial charge in [0, 0.05) is 12.2 Å². The van der Waals surface area contributed by atoms with Gasteiger partial charge in [0.05, 0.1) is 13.0 Å². The molecule has 0 saturated carbocycles. The highest BCUT2D eigenvalue weighted by Crippen LogP contribution is 2.25. The van der Waals surface area contributed by atoms with E-state index in [0.29, 0.717) is 5.01 Å². The number of nitrogens with one attached hydrogen (secondary N) is 1. The van der Waals surface area contributed by atoms with Crippen molar-refractivity contribution < 1.29 is 19.1 Å². The molecule has 0 radical (unpaired) electrons. The van der Waals surface area contributed by atoms with E-state index < -0.39 is 23.6 Å². The van der Waals surface area contributed by atoms with Gasteiger partial charge in [0.25, 0.3) is 11.8 Å². The first-order chi connectivity index (χ1) is 11.5. The Labute approximate surface area is 138 Å². The fourth-order valence-electron chi connectivity index (χ4n) is 2.51. The van der Waals surface area contributed by atoms with Crippen LogP contribution in [-0.2, 0) is 14.4 Å². The molecule has 3 rings (SSSR count). The van der Waals surface area contributed by atoms with E-state index in [9.17, 15) is 14.4 Å².